The van der Waals surface area contributed by atoms with E-state index in [4.69, 9.17) is 0 Å². The quantitative estimate of drug-likeness (QED) is 0.707. The van der Waals surface area contributed by atoms with Crippen molar-refractivity contribution in [3.63, 3.8) is 0 Å². The van der Waals surface area contributed by atoms with Crippen molar-refractivity contribution in [3.05, 3.63) is 89.9 Å². The van der Waals surface area contributed by atoms with Gasteiger partial charge in [-0.2, -0.15) is 0 Å². The summed E-state index contributed by atoms with van der Waals surface area (Å²) in [7, 11) is 0. The minimum absolute atomic E-state index is 0.437. The molecule has 1 aliphatic heterocycles. The normalized spacial score (nSPS) is 17.7. The molecule has 0 N–H and O–H groups in total. The summed E-state index contributed by atoms with van der Waals surface area (Å²) in [6.07, 6.45) is 6.63. The average molecular weight is 244 g/mol. The SMILES string of the molecule is Cc1ccccc1B1C=CC=CC1c1ccccc1. The van der Waals surface area contributed by atoms with Crippen LogP contribution in [-0.2, 0) is 0 Å². The van der Waals surface area contributed by atoms with E-state index in [9.17, 15) is 0 Å². The number of hydrogen-bond acceptors (Lipinski definition) is 0. The maximum absolute atomic E-state index is 2.32. The van der Waals surface area contributed by atoms with Gasteiger partial charge in [0.1, 0.15) is 0 Å². The molecule has 0 bridgehead atoms. The highest BCUT2D eigenvalue weighted by molar-refractivity contribution is 6.80. The van der Waals surface area contributed by atoms with E-state index in [-0.39, 0.29) is 0 Å². The van der Waals surface area contributed by atoms with Crippen LogP contribution in [0.1, 0.15) is 16.9 Å². The average Bonchev–Trinajstić information content (AvgIpc) is 2.49. The van der Waals surface area contributed by atoms with Gasteiger partial charge < -0.3 is 0 Å². The molecule has 1 heterocycles. The van der Waals surface area contributed by atoms with Crippen LogP contribution in [0.2, 0.25) is 0 Å². The molecule has 0 saturated heterocycles. The predicted molar refractivity (Wildman–Crippen MR) is 84.0 cm³/mol. The fourth-order valence-corrected chi connectivity index (χ4v) is 2.86. The van der Waals surface area contributed by atoms with Gasteiger partial charge in [-0.1, -0.05) is 83.9 Å². The molecule has 92 valence electrons. The van der Waals surface area contributed by atoms with E-state index in [2.05, 4.69) is 85.7 Å². The van der Waals surface area contributed by atoms with Crippen LogP contribution in [0.3, 0.4) is 0 Å². The van der Waals surface area contributed by atoms with Crippen molar-refractivity contribution in [3.8, 4) is 0 Å². The molecule has 1 unspecified atom stereocenters. The van der Waals surface area contributed by atoms with Crippen LogP contribution in [0.5, 0.6) is 0 Å². The molecule has 19 heavy (non-hydrogen) atoms. The molecule has 2 aromatic rings. The fraction of sp³-hybridized carbons (Fsp3) is 0.111. The maximum atomic E-state index is 2.32. The predicted octanol–water partition coefficient (Wildman–Crippen LogP) is 3.69. The van der Waals surface area contributed by atoms with Crippen molar-refractivity contribution in [1.82, 2.24) is 0 Å². The molecule has 0 saturated carbocycles. The highest BCUT2D eigenvalue weighted by atomic mass is 14.1. The zero-order valence-electron chi connectivity index (χ0n) is 11.2. The van der Waals surface area contributed by atoms with Gasteiger partial charge in [-0.05, 0) is 18.3 Å². The molecule has 0 fully saturated rings. The Labute approximate surface area is 115 Å². The zero-order chi connectivity index (χ0) is 13.1. The van der Waals surface area contributed by atoms with Crippen LogP contribution in [0.25, 0.3) is 0 Å². The van der Waals surface area contributed by atoms with E-state index in [0.29, 0.717) is 12.5 Å². The number of aryl methyl sites for hydroxylation is 1. The molecule has 0 aliphatic carbocycles. The Morgan fingerprint density at radius 3 is 2.37 bits per heavy atom. The lowest BCUT2D eigenvalue weighted by molar-refractivity contribution is 1.17. The van der Waals surface area contributed by atoms with Crippen LogP contribution in [0, 0.1) is 6.92 Å². The van der Waals surface area contributed by atoms with Crippen molar-refractivity contribution in [1.29, 1.82) is 0 Å². The second-order valence-corrected chi connectivity index (χ2v) is 5.09. The summed E-state index contributed by atoms with van der Waals surface area (Å²) in [6, 6.07) is 19.5. The molecule has 0 radical (unpaired) electrons. The second kappa shape index (κ2) is 5.32. The molecule has 3 rings (SSSR count). The Kier molecular flexibility index (Phi) is 3.37. The molecule has 0 nitrogen and oxygen atoms in total. The van der Waals surface area contributed by atoms with Crippen molar-refractivity contribution in [2.75, 3.05) is 0 Å². The van der Waals surface area contributed by atoms with Gasteiger partial charge in [-0.25, -0.2) is 0 Å². The van der Waals surface area contributed by atoms with Crippen LogP contribution in [-0.4, -0.2) is 6.71 Å². The van der Waals surface area contributed by atoms with E-state index in [0.717, 1.165) is 0 Å². The second-order valence-electron chi connectivity index (χ2n) is 5.09. The van der Waals surface area contributed by atoms with Crippen molar-refractivity contribution in [2.45, 2.75) is 12.7 Å². The lowest BCUT2D eigenvalue weighted by atomic mass is 9.34. The molecule has 1 aliphatic rings. The van der Waals surface area contributed by atoms with E-state index in [1.807, 2.05) is 0 Å². The molecule has 1 atom stereocenters. The first-order valence-electron chi connectivity index (χ1n) is 6.82. The Morgan fingerprint density at radius 1 is 0.842 bits per heavy atom. The van der Waals surface area contributed by atoms with Gasteiger partial charge in [-0.3, -0.25) is 0 Å². The van der Waals surface area contributed by atoms with Gasteiger partial charge in [-0.15, -0.1) is 5.98 Å². The summed E-state index contributed by atoms with van der Waals surface area (Å²) >= 11 is 0. The van der Waals surface area contributed by atoms with Crippen LogP contribution in [0.4, 0.5) is 0 Å². The fourth-order valence-electron chi connectivity index (χ4n) is 2.86. The maximum Gasteiger partial charge on any atom is 0.212 e. The van der Waals surface area contributed by atoms with Crippen molar-refractivity contribution < 1.29 is 0 Å². The minimum Gasteiger partial charge on any atom is -0.109 e. The van der Waals surface area contributed by atoms with Crippen molar-refractivity contribution in [2.24, 2.45) is 0 Å². The first-order chi connectivity index (χ1) is 9.36. The van der Waals surface area contributed by atoms with Crippen LogP contribution >= 0.6 is 0 Å². The summed E-state index contributed by atoms with van der Waals surface area (Å²) < 4.78 is 0. The van der Waals surface area contributed by atoms with Crippen molar-refractivity contribution >= 4 is 12.2 Å². The Bertz CT molecular complexity index is 611. The third-order valence-corrected chi connectivity index (χ3v) is 3.87. The third-order valence-electron chi connectivity index (χ3n) is 3.87. The Balaban J connectivity index is 2.02. The summed E-state index contributed by atoms with van der Waals surface area (Å²) in [5, 5.41) is 0. The van der Waals surface area contributed by atoms with E-state index in [1.54, 1.807) is 0 Å². The summed E-state index contributed by atoms with van der Waals surface area (Å²) in [5.41, 5.74) is 4.18. The van der Waals surface area contributed by atoms with Gasteiger partial charge >= 0.3 is 0 Å². The van der Waals surface area contributed by atoms with Crippen LogP contribution in [0.15, 0.2) is 78.8 Å². The number of hydrogen-bond donors (Lipinski definition) is 0. The lowest BCUT2D eigenvalue weighted by Gasteiger charge is -2.23. The first kappa shape index (κ1) is 12.0. The highest BCUT2D eigenvalue weighted by Gasteiger charge is 2.26. The standard InChI is InChI=1S/C18H17B/c1-15-9-5-6-12-17(15)19-14-8-7-13-18(19)16-10-3-2-4-11-16/h2-14,18H,1H3. The molecular weight excluding hydrogens is 227 g/mol. The van der Waals surface area contributed by atoms with Crippen LogP contribution < -0.4 is 5.46 Å². The Hall–Kier alpha value is -2.02. The number of allylic oxidation sites excluding steroid dienone is 3. The van der Waals surface area contributed by atoms with Gasteiger partial charge in [0.05, 0.1) is 0 Å². The highest BCUT2D eigenvalue weighted by Crippen LogP contribution is 2.24. The lowest BCUT2D eigenvalue weighted by Crippen LogP contribution is -2.37. The Morgan fingerprint density at radius 2 is 1.58 bits per heavy atom. The zero-order valence-corrected chi connectivity index (χ0v) is 11.2. The van der Waals surface area contributed by atoms with E-state index >= 15 is 0 Å². The summed E-state index contributed by atoms with van der Waals surface area (Å²) in [6.45, 7) is 2.64. The number of benzene rings is 2. The summed E-state index contributed by atoms with van der Waals surface area (Å²) in [4.78, 5) is 0. The molecule has 1 heteroatoms. The minimum atomic E-state index is 0.437. The number of rotatable bonds is 2. The monoisotopic (exact) mass is 244 g/mol. The molecule has 0 amide bonds. The molecule has 0 spiro atoms. The molecule has 0 aromatic heterocycles. The van der Waals surface area contributed by atoms with Gasteiger partial charge in [0.25, 0.3) is 0 Å². The molecule has 2 aromatic carbocycles. The largest absolute Gasteiger partial charge is 0.212 e. The summed E-state index contributed by atoms with van der Waals surface area (Å²) in [5.74, 6) is 2.76. The molecular formula is C18H17B. The van der Waals surface area contributed by atoms with Gasteiger partial charge in [0.2, 0.25) is 6.71 Å². The van der Waals surface area contributed by atoms with E-state index in [1.165, 1.54) is 16.6 Å². The smallest absolute Gasteiger partial charge is 0.109 e. The van der Waals surface area contributed by atoms with Gasteiger partial charge in [0, 0.05) is 0 Å². The van der Waals surface area contributed by atoms with Gasteiger partial charge in [0.15, 0.2) is 0 Å². The first-order valence-corrected chi connectivity index (χ1v) is 6.82. The topological polar surface area (TPSA) is 0 Å². The third kappa shape index (κ3) is 2.41. The van der Waals surface area contributed by atoms with E-state index < -0.39 is 0 Å².